The number of amides is 1. The molecule has 0 spiro atoms. The van der Waals surface area contributed by atoms with Gasteiger partial charge in [-0.15, -0.1) is 0 Å². The molecule has 1 heterocycles. The van der Waals surface area contributed by atoms with E-state index >= 15 is 0 Å². The van der Waals surface area contributed by atoms with Crippen LogP contribution in [0.3, 0.4) is 0 Å². The maximum atomic E-state index is 12.5. The van der Waals surface area contributed by atoms with E-state index in [1.165, 1.54) is 0 Å². The Balaban J connectivity index is 1.66. The second kappa shape index (κ2) is 8.96. The second-order valence-corrected chi connectivity index (χ2v) is 7.15. The van der Waals surface area contributed by atoms with Crippen LogP contribution in [0, 0.1) is 10.5 Å². The molecule has 0 aliphatic heterocycles. The van der Waals surface area contributed by atoms with Gasteiger partial charge in [0.2, 0.25) is 0 Å². The summed E-state index contributed by atoms with van der Waals surface area (Å²) in [5.74, 6) is 1.28. The molecule has 0 atom stereocenters. The lowest BCUT2D eigenvalue weighted by atomic mass is 10.1. The van der Waals surface area contributed by atoms with Gasteiger partial charge in [-0.1, -0.05) is 6.07 Å². The first-order valence-electron chi connectivity index (χ1n) is 8.35. The van der Waals surface area contributed by atoms with Crippen molar-refractivity contribution in [3.63, 3.8) is 0 Å². The van der Waals surface area contributed by atoms with E-state index in [0.717, 1.165) is 15.0 Å². The lowest BCUT2D eigenvalue weighted by molar-refractivity contribution is 0.102. The van der Waals surface area contributed by atoms with Crippen LogP contribution in [0.5, 0.6) is 11.5 Å². The van der Waals surface area contributed by atoms with Crippen LogP contribution in [0.25, 0.3) is 0 Å². The molecule has 0 radical (unpaired) electrons. The van der Waals surface area contributed by atoms with E-state index in [2.05, 4.69) is 32.9 Å². The number of nitrogens with one attached hydrogen (secondary N) is 1. The number of methoxy groups -OCH3 is 1. The highest BCUT2D eigenvalue weighted by Gasteiger charge is 2.11. The van der Waals surface area contributed by atoms with Crippen LogP contribution in [-0.4, -0.2) is 18.0 Å². The zero-order valence-electron chi connectivity index (χ0n) is 15.0. The van der Waals surface area contributed by atoms with Crippen molar-refractivity contribution in [1.29, 1.82) is 0 Å². The molecule has 1 N–H and O–H groups in total. The number of carbonyl (C=O) groups is 1. The van der Waals surface area contributed by atoms with Crippen molar-refractivity contribution in [2.75, 3.05) is 12.4 Å². The van der Waals surface area contributed by atoms with Crippen molar-refractivity contribution in [3.8, 4) is 11.5 Å². The van der Waals surface area contributed by atoms with Gasteiger partial charge in [0, 0.05) is 16.4 Å². The smallest absolute Gasteiger partial charge is 0.257 e. The third-order valence-electron chi connectivity index (χ3n) is 3.82. The monoisotopic (exact) mass is 474 g/mol. The van der Waals surface area contributed by atoms with Crippen molar-refractivity contribution in [2.24, 2.45) is 0 Å². The summed E-state index contributed by atoms with van der Waals surface area (Å²) < 4.78 is 12.0. The number of halogens is 1. The molecule has 0 bridgehead atoms. The van der Waals surface area contributed by atoms with Gasteiger partial charge in [-0.3, -0.25) is 9.78 Å². The quantitative estimate of drug-likeness (QED) is 0.500. The Hall–Kier alpha value is -2.45. The van der Waals surface area contributed by atoms with E-state index in [4.69, 9.17) is 9.47 Å². The van der Waals surface area contributed by atoms with Crippen molar-refractivity contribution in [2.45, 2.75) is 13.5 Å². The molecule has 6 heteroatoms. The molecule has 3 rings (SSSR count). The van der Waals surface area contributed by atoms with E-state index < -0.39 is 0 Å². The number of anilines is 1. The van der Waals surface area contributed by atoms with E-state index in [-0.39, 0.29) is 5.91 Å². The van der Waals surface area contributed by atoms with E-state index in [9.17, 15) is 4.79 Å². The van der Waals surface area contributed by atoms with Gasteiger partial charge in [0.25, 0.3) is 5.91 Å². The summed E-state index contributed by atoms with van der Waals surface area (Å²) in [6.07, 6.45) is 0. The van der Waals surface area contributed by atoms with Crippen LogP contribution in [0.15, 0.2) is 60.7 Å². The van der Waals surface area contributed by atoms with Gasteiger partial charge in [0.1, 0.15) is 11.5 Å². The molecule has 1 amide bonds. The number of aromatic nitrogens is 1. The molecule has 0 saturated heterocycles. The predicted octanol–water partition coefficient (Wildman–Crippen LogP) is 5.19. The van der Waals surface area contributed by atoms with Crippen LogP contribution in [0.4, 0.5) is 5.69 Å². The molecule has 2 aromatic carbocycles. The fourth-order valence-electron chi connectivity index (χ4n) is 2.55. The number of nitrogens with zero attached hydrogens (tertiary/aromatic N) is 1. The van der Waals surface area contributed by atoms with Gasteiger partial charge in [-0.05, 0) is 84.1 Å². The minimum atomic E-state index is -0.199. The fourth-order valence-corrected chi connectivity index (χ4v) is 3.07. The van der Waals surface area contributed by atoms with Crippen molar-refractivity contribution < 1.29 is 14.3 Å². The summed E-state index contributed by atoms with van der Waals surface area (Å²) in [6.45, 7) is 2.23. The lowest BCUT2D eigenvalue weighted by Gasteiger charge is -2.10. The van der Waals surface area contributed by atoms with E-state index in [0.29, 0.717) is 29.3 Å². The summed E-state index contributed by atoms with van der Waals surface area (Å²) in [5, 5.41) is 2.88. The molecule has 0 aliphatic rings. The van der Waals surface area contributed by atoms with Gasteiger partial charge < -0.3 is 14.8 Å². The average molecular weight is 474 g/mol. The number of hydrogen-bond donors (Lipinski definition) is 1. The highest BCUT2D eigenvalue weighted by molar-refractivity contribution is 14.1. The summed E-state index contributed by atoms with van der Waals surface area (Å²) in [6, 6.07) is 18.6. The first-order valence-corrected chi connectivity index (χ1v) is 9.43. The van der Waals surface area contributed by atoms with Crippen LogP contribution >= 0.6 is 22.6 Å². The Kier molecular flexibility index (Phi) is 6.41. The molecule has 27 heavy (non-hydrogen) atoms. The molecule has 0 fully saturated rings. The van der Waals surface area contributed by atoms with Crippen molar-refractivity contribution in [1.82, 2.24) is 4.98 Å². The zero-order valence-corrected chi connectivity index (χ0v) is 17.2. The molecule has 3 aromatic rings. The molecule has 138 valence electrons. The van der Waals surface area contributed by atoms with Crippen LogP contribution in [-0.2, 0) is 11.3 Å². The van der Waals surface area contributed by atoms with Gasteiger partial charge in [-0.2, -0.15) is 0 Å². The number of hydrogen-bond acceptors (Lipinski definition) is 4. The number of pyridine rings is 1. The third-order valence-corrected chi connectivity index (χ3v) is 4.50. The topological polar surface area (TPSA) is 60.5 Å². The summed E-state index contributed by atoms with van der Waals surface area (Å²) in [5.41, 5.74) is 2.69. The maximum absolute atomic E-state index is 12.5. The number of benzene rings is 2. The number of rotatable bonds is 6. The van der Waals surface area contributed by atoms with Gasteiger partial charge in [0.15, 0.2) is 0 Å². The predicted molar refractivity (Wildman–Crippen MR) is 113 cm³/mol. The average Bonchev–Trinajstić information content (AvgIpc) is 2.64. The minimum Gasteiger partial charge on any atom is -0.457 e. The summed E-state index contributed by atoms with van der Waals surface area (Å²) in [4.78, 5) is 16.9. The minimum absolute atomic E-state index is 0.199. The lowest BCUT2D eigenvalue weighted by Crippen LogP contribution is -2.14. The molecule has 0 unspecified atom stereocenters. The number of ether oxygens (including phenoxy) is 2. The third kappa shape index (κ3) is 5.27. The van der Waals surface area contributed by atoms with Crippen molar-refractivity contribution in [3.05, 3.63) is 81.2 Å². The number of aryl methyl sites for hydroxylation is 1. The van der Waals surface area contributed by atoms with Crippen LogP contribution < -0.4 is 10.1 Å². The molecular formula is C21H19IN2O3. The molecule has 0 saturated carbocycles. The first kappa shape index (κ1) is 19.3. The maximum Gasteiger partial charge on any atom is 0.257 e. The molecular weight excluding hydrogens is 455 g/mol. The highest BCUT2D eigenvalue weighted by Crippen LogP contribution is 2.24. The fraction of sp³-hybridized carbons (Fsp3) is 0.143. The van der Waals surface area contributed by atoms with Gasteiger partial charge >= 0.3 is 0 Å². The van der Waals surface area contributed by atoms with Crippen LogP contribution in [0.1, 0.15) is 21.7 Å². The van der Waals surface area contributed by atoms with Crippen LogP contribution in [0.2, 0.25) is 0 Å². The van der Waals surface area contributed by atoms with Gasteiger partial charge in [-0.25, -0.2) is 0 Å². The Morgan fingerprint density at radius 2 is 1.85 bits per heavy atom. The first-order chi connectivity index (χ1) is 13.0. The summed E-state index contributed by atoms with van der Waals surface area (Å²) >= 11 is 2.24. The second-order valence-electron chi connectivity index (χ2n) is 5.91. The van der Waals surface area contributed by atoms with Crippen molar-refractivity contribution >= 4 is 34.2 Å². The van der Waals surface area contributed by atoms with E-state index in [1.807, 2.05) is 55.5 Å². The van der Waals surface area contributed by atoms with E-state index in [1.54, 1.807) is 19.2 Å². The summed E-state index contributed by atoms with van der Waals surface area (Å²) in [7, 11) is 1.61. The normalized spacial score (nSPS) is 10.5. The standard InChI is InChI=1S/C21H19IN2O3/c1-14-20(11-8-17(23-14)13-26-2)21(25)24-16-6-9-18(10-7-16)27-19-5-3-4-15(22)12-19/h3-12H,13H2,1-2H3,(H,24,25). The van der Waals surface area contributed by atoms with Gasteiger partial charge in [0.05, 0.1) is 23.6 Å². The highest BCUT2D eigenvalue weighted by atomic mass is 127. The SMILES string of the molecule is COCc1ccc(C(=O)Nc2ccc(Oc3cccc(I)c3)cc2)c(C)n1. The largest absolute Gasteiger partial charge is 0.457 e. The molecule has 0 aliphatic carbocycles. The Morgan fingerprint density at radius 3 is 2.52 bits per heavy atom. The molecule has 5 nitrogen and oxygen atoms in total. The number of carbonyl (C=O) groups excluding carboxylic acids is 1. The Bertz CT molecular complexity index is 942. The zero-order chi connectivity index (χ0) is 19.2. The Labute approximate surface area is 171 Å². The Morgan fingerprint density at radius 1 is 1.07 bits per heavy atom. The molecule has 1 aromatic heterocycles.